The summed E-state index contributed by atoms with van der Waals surface area (Å²) in [5.41, 5.74) is 8.42. The topological polar surface area (TPSA) is 82.8 Å². The fourth-order valence-corrected chi connectivity index (χ4v) is 1.87. The van der Waals surface area contributed by atoms with Gasteiger partial charge in [-0.2, -0.15) is 5.10 Å². The predicted octanol–water partition coefficient (Wildman–Crippen LogP) is 2.12. The van der Waals surface area contributed by atoms with E-state index in [1.54, 1.807) is 11.6 Å². The number of hydrogen-bond donors (Lipinski definition) is 1. The predicted molar refractivity (Wildman–Crippen MR) is 70.7 cm³/mol. The molecule has 0 saturated carbocycles. The minimum atomic E-state index is 0.386. The van der Waals surface area contributed by atoms with E-state index in [0.29, 0.717) is 23.3 Å². The Morgan fingerprint density at radius 1 is 1.11 bits per heavy atom. The second kappa shape index (κ2) is 4.24. The fourth-order valence-electron chi connectivity index (χ4n) is 1.87. The molecule has 0 atom stereocenters. The molecule has 1 aromatic carbocycles. The maximum atomic E-state index is 6.09. The zero-order chi connectivity index (χ0) is 13.4. The SMILES string of the molecule is Cc1nnc(-c2nn(-c3ccccc3)c(N)c2C)o1. The molecule has 19 heavy (non-hydrogen) atoms. The number of aromatic nitrogens is 4. The molecule has 6 heteroatoms. The number of nitrogens with zero attached hydrogens (tertiary/aromatic N) is 4. The molecule has 96 valence electrons. The Bertz CT molecular complexity index is 714. The minimum Gasteiger partial charge on any atom is -0.420 e. The van der Waals surface area contributed by atoms with Crippen LogP contribution in [0.25, 0.3) is 17.3 Å². The van der Waals surface area contributed by atoms with E-state index >= 15 is 0 Å². The summed E-state index contributed by atoms with van der Waals surface area (Å²) in [5, 5.41) is 12.2. The minimum absolute atomic E-state index is 0.386. The third kappa shape index (κ3) is 1.87. The summed E-state index contributed by atoms with van der Waals surface area (Å²) in [4.78, 5) is 0. The summed E-state index contributed by atoms with van der Waals surface area (Å²) in [6, 6.07) is 9.68. The molecule has 0 fully saturated rings. The highest BCUT2D eigenvalue weighted by Gasteiger charge is 2.18. The molecule has 6 nitrogen and oxygen atoms in total. The molecule has 2 aromatic heterocycles. The number of hydrogen-bond acceptors (Lipinski definition) is 5. The quantitative estimate of drug-likeness (QED) is 0.758. The van der Waals surface area contributed by atoms with Crippen molar-refractivity contribution in [3.05, 3.63) is 41.8 Å². The maximum Gasteiger partial charge on any atom is 0.268 e. The van der Waals surface area contributed by atoms with Crippen molar-refractivity contribution >= 4 is 5.82 Å². The van der Waals surface area contributed by atoms with Crippen LogP contribution in [0.5, 0.6) is 0 Å². The van der Waals surface area contributed by atoms with Crippen molar-refractivity contribution in [3.63, 3.8) is 0 Å². The first kappa shape index (κ1) is 11.5. The van der Waals surface area contributed by atoms with Crippen molar-refractivity contribution in [2.75, 3.05) is 5.73 Å². The molecule has 2 heterocycles. The van der Waals surface area contributed by atoms with E-state index < -0.39 is 0 Å². The number of benzene rings is 1. The average Bonchev–Trinajstić information content (AvgIpc) is 2.97. The summed E-state index contributed by atoms with van der Waals surface area (Å²) in [6.45, 7) is 3.63. The fraction of sp³-hybridized carbons (Fsp3) is 0.154. The number of nitrogen functional groups attached to an aromatic ring is 1. The highest BCUT2D eigenvalue weighted by atomic mass is 16.4. The molecule has 0 aliphatic rings. The highest BCUT2D eigenvalue weighted by Crippen LogP contribution is 2.27. The molecule has 0 radical (unpaired) electrons. The van der Waals surface area contributed by atoms with Gasteiger partial charge in [-0.25, -0.2) is 4.68 Å². The molecular weight excluding hydrogens is 242 g/mol. The Hall–Kier alpha value is -2.63. The number of aryl methyl sites for hydroxylation is 1. The van der Waals surface area contributed by atoms with Crippen molar-refractivity contribution in [1.29, 1.82) is 0 Å². The lowest BCUT2D eigenvalue weighted by Gasteiger charge is -2.02. The Morgan fingerprint density at radius 3 is 2.47 bits per heavy atom. The zero-order valence-corrected chi connectivity index (χ0v) is 10.7. The van der Waals surface area contributed by atoms with Gasteiger partial charge in [-0.1, -0.05) is 18.2 Å². The van der Waals surface area contributed by atoms with Gasteiger partial charge in [0.25, 0.3) is 5.89 Å². The smallest absolute Gasteiger partial charge is 0.268 e. The summed E-state index contributed by atoms with van der Waals surface area (Å²) in [7, 11) is 0. The molecule has 0 saturated heterocycles. The standard InChI is InChI=1S/C13H13N5O/c1-8-11(13-16-15-9(2)19-13)17-18(12(8)14)10-6-4-3-5-7-10/h3-7H,14H2,1-2H3. The van der Waals surface area contributed by atoms with Gasteiger partial charge < -0.3 is 10.2 Å². The largest absolute Gasteiger partial charge is 0.420 e. The van der Waals surface area contributed by atoms with Crippen LogP contribution in [-0.4, -0.2) is 20.0 Å². The molecule has 0 unspecified atom stereocenters. The normalized spacial score (nSPS) is 10.8. The van der Waals surface area contributed by atoms with Crippen LogP contribution in [0.3, 0.4) is 0 Å². The highest BCUT2D eigenvalue weighted by molar-refractivity contribution is 5.62. The second-order valence-corrected chi connectivity index (χ2v) is 4.23. The number of nitrogens with two attached hydrogens (primary N) is 1. The Morgan fingerprint density at radius 2 is 1.84 bits per heavy atom. The molecule has 3 rings (SSSR count). The van der Waals surface area contributed by atoms with E-state index in [0.717, 1.165) is 11.3 Å². The summed E-state index contributed by atoms with van der Waals surface area (Å²) in [6.07, 6.45) is 0. The van der Waals surface area contributed by atoms with Gasteiger partial charge in [-0.3, -0.25) is 0 Å². The van der Waals surface area contributed by atoms with Crippen LogP contribution in [0.2, 0.25) is 0 Å². The van der Waals surface area contributed by atoms with Gasteiger partial charge in [0.15, 0.2) is 5.69 Å². The van der Waals surface area contributed by atoms with Crippen molar-refractivity contribution in [2.45, 2.75) is 13.8 Å². The van der Waals surface area contributed by atoms with E-state index in [-0.39, 0.29) is 0 Å². The number of rotatable bonds is 2. The third-order valence-electron chi connectivity index (χ3n) is 2.90. The van der Waals surface area contributed by atoms with Crippen LogP contribution in [0.15, 0.2) is 34.7 Å². The second-order valence-electron chi connectivity index (χ2n) is 4.23. The molecular formula is C13H13N5O. The molecule has 0 amide bonds. The molecule has 0 bridgehead atoms. The molecule has 2 N–H and O–H groups in total. The lowest BCUT2D eigenvalue weighted by molar-refractivity contribution is 0.530. The van der Waals surface area contributed by atoms with E-state index in [9.17, 15) is 0 Å². The Labute approximate surface area is 109 Å². The van der Waals surface area contributed by atoms with Crippen LogP contribution in [-0.2, 0) is 0 Å². The van der Waals surface area contributed by atoms with Crippen LogP contribution >= 0.6 is 0 Å². The summed E-state index contributed by atoms with van der Waals surface area (Å²) in [5.74, 6) is 1.45. The molecule has 0 spiro atoms. The number of para-hydroxylation sites is 1. The monoisotopic (exact) mass is 255 g/mol. The van der Waals surface area contributed by atoms with Crippen molar-refractivity contribution in [2.24, 2.45) is 0 Å². The lowest BCUT2D eigenvalue weighted by atomic mass is 10.2. The lowest BCUT2D eigenvalue weighted by Crippen LogP contribution is -2.01. The first-order valence-corrected chi connectivity index (χ1v) is 5.88. The van der Waals surface area contributed by atoms with Crippen LogP contribution < -0.4 is 5.73 Å². The zero-order valence-electron chi connectivity index (χ0n) is 10.7. The Balaban J connectivity index is 2.15. The van der Waals surface area contributed by atoms with Gasteiger partial charge in [0, 0.05) is 12.5 Å². The van der Waals surface area contributed by atoms with Gasteiger partial charge >= 0.3 is 0 Å². The van der Waals surface area contributed by atoms with Gasteiger partial charge in [0.2, 0.25) is 5.89 Å². The van der Waals surface area contributed by atoms with E-state index in [2.05, 4.69) is 15.3 Å². The molecule has 0 aliphatic heterocycles. The van der Waals surface area contributed by atoms with E-state index in [1.807, 2.05) is 37.3 Å². The van der Waals surface area contributed by atoms with Gasteiger partial charge in [0.05, 0.1) is 5.69 Å². The summed E-state index contributed by atoms with van der Waals surface area (Å²) >= 11 is 0. The van der Waals surface area contributed by atoms with Crippen molar-refractivity contribution in [3.8, 4) is 17.3 Å². The molecule has 0 aliphatic carbocycles. The molecule has 3 aromatic rings. The van der Waals surface area contributed by atoms with Gasteiger partial charge in [0.1, 0.15) is 5.82 Å². The number of anilines is 1. The maximum absolute atomic E-state index is 6.09. The average molecular weight is 255 g/mol. The Kier molecular flexibility index (Phi) is 2.56. The third-order valence-corrected chi connectivity index (χ3v) is 2.90. The van der Waals surface area contributed by atoms with Gasteiger partial charge in [-0.05, 0) is 19.1 Å². The van der Waals surface area contributed by atoms with Crippen LogP contribution in [0.1, 0.15) is 11.5 Å². The van der Waals surface area contributed by atoms with Gasteiger partial charge in [-0.15, -0.1) is 10.2 Å². The van der Waals surface area contributed by atoms with Crippen LogP contribution in [0.4, 0.5) is 5.82 Å². The van der Waals surface area contributed by atoms with E-state index in [4.69, 9.17) is 10.2 Å². The van der Waals surface area contributed by atoms with Crippen molar-refractivity contribution < 1.29 is 4.42 Å². The first-order valence-electron chi connectivity index (χ1n) is 5.88. The van der Waals surface area contributed by atoms with Crippen LogP contribution in [0, 0.1) is 13.8 Å². The van der Waals surface area contributed by atoms with Crippen molar-refractivity contribution in [1.82, 2.24) is 20.0 Å². The first-order chi connectivity index (χ1) is 9.16. The van der Waals surface area contributed by atoms with E-state index in [1.165, 1.54) is 0 Å². The summed E-state index contributed by atoms with van der Waals surface area (Å²) < 4.78 is 7.07.